The van der Waals surface area contributed by atoms with Crippen molar-refractivity contribution in [3.8, 4) is 17.2 Å². The predicted molar refractivity (Wildman–Crippen MR) is 156 cm³/mol. The Morgan fingerprint density at radius 1 is 1.10 bits per heavy atom. The summed E-state index contributed by atoms with van der Waals surface area (Å²) in [6.07, 6.45) is 8.23. The highest BCUT2D eigenvalue weighted by molar-refractivity contribution is 5.70. The van der Waals surface area contributed by atoms with Crippen molar-refractivity contribution >= 4 is 5.65 Å². The fourth-order valence-electron chi connectivity index (χ4n) is 5.90. The largest absolute Gasteiger partial charge is 0.391 e. The third kappa shape index (κ3) is 5.89. The van der Waals surface area contributed by atoms with E-state index in [1.807, 2.05) is 51.5 Å². The van der Waals surface area contributed by atoms with Gasteiger partial charge in [0.2, 0.25) is 0 Å². The van der Waals surface area contributed by atoms with Crippen molar-refractivity contribution < 1.29 is 9.84 Å². The molecular formula is C33H38N4O3. The Bertz CT molecular complexity index is 1540. The van der Waals surface area contributed by atoms with E-state index in [1.54, 1.807) is 13.1 Å². The molecule has 208 valence electrons. The molecule has 1 unspecified atom stereocenters. The molecule has 0 spiro atoms. The first kappa shape index (κ1) is 27.8. The van der Waals surface area contributed by atoms with Crippen LogP contribution in [-0.2, 0) is 17.6 Å². The van der Waals surface area contributed by atoms with Crippen LogP contribution >= 0.6 is 0 Å². The zero-order chi connectivity index (χ0) is 28.1. The molecule has 2 aromatic carbocycles. The van der Waals surface area contributed by atoms with E-state index in [9.17, 15) is 15.2 Å². The fraction of sp³-hybridized carbons (Fsp3) is 0.424. The van der Waals surface area contributed by atoms with Gasteiger partial charge in [0.15, 0.2) is 0 Å². The molecule has 0 amide bonds. The highest BCUT2D eigenvalue weighted by atomic mass is 16.5. The number of nitrogens with zero attached hydrogens (tertiary/aromatic N) is 4. The van der Waals surface area contributed by atoms with Gasteiger partial charge in [-0.2, -0.15) is 10.4 Å². The van der Waals surface area contributed by atoms with E-state index in [2.05, 4.69) is 30.2 Å². The van der Waals surface area contributed by atoms with Gasteiger partial charge in [-0.3, -0.25) is 9.36 Å². The third-order valence-corrected chi connectivity index (χ3v) is 7.99. The number of aromatic nitrogens is 3. The number of ether oxygens (including phenoxy) is 1. The van der Waals surface area contributed by atoms with E-state index < -0.39 is 6.10 Å². The Morgan fingerprint density at radius 3 is 2.55 bits per heavy atom. The number of hydrogen-bond acceptors (Lipinski definition) is 5. The van der Waals surface area contributed by atoms with Crippen molar-refractivity contribution in [3.63, 3.8) is 0 Å². The lowest BCUT2D eigenvalue weighted by Crippen LogP contribution is -2.35. The van der Waals surface area contributed by atoms with Gasteiger partial charge in [-0.05, 0) is 68.2 Å². The van der Waals surface area contributed by atoms with Crippen LogP contribution < -0.4 is 5.56 Å². The van der Waals surface area contributed by atoms with Gasteiger partial charge < -0.3 is 9.84 Å². The van der Waals surface area contributed by atoms with Crippen molar-refractivity contribution in [3.05, 3.63) is 93.5 Å². The molecule has 40 heavy (non-hydrogen) atoms. The first-order valence-corrected chi connectivity index (χ1v) is 14.5. The van der Waals surface area contributed by atoms with Crippen molar-refractivity contribution in [2.75, 3.05) is 6.61 Å². The van der Waals surface area contributed by atoms with Gasteiger partial charge in [0.25, 0.3) is 5.56 Å². The molecule has 1 fully saturated rings. The highest BCUT2D eigenvalue weighted by Crippen LogP contribution is 2.31. The molecule has 1 aliphatic carbocycles. The zero-order valence-corrected chi connectivity index (χ0v) is 23.4. The summed E-state index contributed by atoms with van der Waals surface area (Å²) in [5.41, 5.74) is 6.34. The van der Waals surface area contributed by atoms with Gasteiger partial charge >= 0.3 is 0 Å². The molecular weight excluding hydrogens is 500 g/mol. The van der Waals surface area contributed by atoms with Gasteiger partial charge in [-0.15, -0.1) is 0 Å². The maximum absolute atomic E-state index is 14.3. The minimum Gasteiger partial charge on any atom is -0.391 e. The molecule has 7 nitrogen and oxygen atoms in total. The maximum atomic E-state index is 14.3. The molecule has 1 N–H and O–H groups in total. The van der Waals surface area contributed by atoms with Crippen molar-refractivity contribution in [1.82, 2.24) is 14.2 Å². The van der Waals surface area contributed by atoms with Crippen LogP contribution in [0.5, 0.6) is 0 Å². The second-order valence-electron chi connectivity index (χ2n) is 10.9. The molecule has 2 heterocycles. The minimum absolute atomic E-state index is 0.0753. The van der Waals surface area contributed by atoms with Gasteiger partial charge in [0.05, 0.1) is 42.3 Å². The van der Waals surface area contributed by atoms with E-state index >= 15 is 0 Å². The quantitative estimate of drug-likeness (QED) is 0.273. The Balaban J connectivity index is 1.48. The second-order valence-corrected chi connectivity index (χ2v) is 10.9. The molecule has 0 aliphatic heterocycles. The average molecular weight is 539 g/mol. The summed E-state index contributed by atoms with van der Waals surface area (Å²) < 4.78 is 9.84. The summed E-state index contributed by atoms with van der Waals surface area (Å²) in [5.74, 6) is 0. The smallest absolute Gasteiger partial charge is 0.257 e. The molecule has 0 bridgehead atoms. The van der Waals surface area contributed by atoms with Crippen LogP contribution in [0.1, 0.15) is 80.8 Å². The van der Waals surface area contributed by atoms with Gasteiger partial charge in [0.1, 0.15) is 5.65 Å². The molecule has 4 aromatic rings. The molecule has 0 saturated heterocycles. The van der Waals surface area contributed by atoms with Crippen molar-refractivity contribution in [1.29, 1.82) is 5.26 Å². The van der Waals surface area contributed by atoms with E-state index in [1.165, 1.54) is 0 Å². The topological polar surface area (TPSA) is 92.5 Å². The third-order valence-electron chi connectivity index (χ3n) is 7.99. The number of rotatable bonds is 10. The number of hydrogen-bond donors (Lipinski definition) is 1. The lowest BCUT2D eigenvalue weighted by atomic mass is 9.92. The molecule has 1 aliphatic rings. The van der Waals surface area contributed by atoms with Crippen molar-refractivity contribution in [2.45, 2.75) is 83.5 Å². The van der Waals surface area contributed by atoms with E-state index in [-0.39, 0.29) is 17.7 Å². The number of aliphatic hydroxyl groups is 1. The van der Waals surface area contributed by atoms with Gasteiger partial charge in [-0.1, -0.05) is 55.8 Å². The van der Waals surface area contributed by atoms with E-state index in [0.717, 1.165) is 78.5 Å². The summed E-state index contributed by atoms with van der Waals surface area (Å²) in [6.45, 7) is 4.25. The molecule has 7 heteroatoms. The number of aliphatic hydroxyl groups excluding tert-OH is 1. The van der Waals surface area contributed by atoms with Crippen LogP contribution in [0, 0.1) is 11.3 Å². The van der Waals surface area contributed by atoms with Crippen LogP contribution in [0.25, 0.3) is 16.8 Å². The average Bonchev–Trinajstić information content (AvgIpc) is 3.46. The first-order valence-electron chi connectivity index (χ1n) is 14.5. The summed E-state index contributed by atoms with van der Waals surface area (Å²) in [7, 11) is 0. The minimum atomic E-state index is -0.472. The normalized spacial score (nSPS) is 18.1. The lowest BCUT2D eigenvalue weighted by molar-refractivity contribution is -0.0232. The Kier molecular flexibility index (Phi) is 8.78. The molecule has 0 radical (unpaired) electrons. The Labute approximate surface area is 235 Å². The van der Waals surface area contributed by atoms with Crippen LogP contribution in [0.2, 0.25) is 0 Å². The SMILES string of the molecule is CCCCc1c(Cc2ccc(-c3ccccc3C#N)cc2)c(=O)n(C2CCC(OCC(C)O)CC2)c2ccnn12. The van der Waals surface area contributed by atoms with Crippen LogP contribution in [0.15, 0.2) is 65.6 Å². The Hall–Kier alpha value is -3.73. The number of aryl methyl sites for hydroxylation is 1. The van der Waals surface area contributed by atoms with Crippen LogP contribution in [-0.4, -0.2) is 38.1 Å². The van der Waals surface area contributed by atoms with Crippen LogP contribution in [0.3, 0.4) is 0 Å². The van der Waals surface area contributed by atoms with Crippen LogP contribution in [0.4, 0.5) is 0 Å². The van der Waals surface area contributed by atoms with E-state index in [0.29, 0.717) is 18.6 Å². The van der Waals surface area contributed by atoms with Gasteiger partial charge in [0, 0.05) is 24.1 Å². The summed E-state index contributed by atoms with van der Waals surface area (Å²) in [4.78, 5) is 14.3. The standard InChI is InChI=1S/C33H38N4O3/c1-3-4-9-31-30(20-24-10-12-25(13-11-24)29-8-6-5-7-26(29)21-34)33(39)36(32-18-19-35-37(31)32)27-14-16-28(17-15-27)40-22-23(2)38/h5-8,10-13,18-19,23,27-28,38H,3-4,9,14-17,20,22H2,1-2H3. The fourth-order valence-corrected chi connectivity index (χ4v) is 5.90. The number of nitriles is 1. The van der Waals surface area contributed by atoms with Crippen molar-refractivity contribution in [2.24, 2.45) is 0 Å². The number of benzene rings is 2. The molecule has 2 aromatic heterocycles. The predicted octanol–water partition coefficient (Wildman–Crippen LogP) is 5.85. The number of fused-ring (bicyclic) bond motifs is 1. The number of unbranched alkanes of at least 4 members (excludes halogenated alkanes) is 1. The molecule has 1 saturated carbocycles. The Morgan fingerprint density at radius 2 is 1.85 bits per heavy atom. The summed E-state index contributed by atoms with van der Waals surface area (Å²) in [5, 5.41) is 23.8. The summed E-state index contributed by atoms with van der Waals surface area (Å²) in [6, 6.07) is 20.1. The maximum Gasteiger partial charge on any atom is 0.257 e. The van der Waals surface area contributed by atoms with Gasteiger partial charge in [-0.25, -0.2) is 4.52 Å². The second kappa shape index (κ2) is 12.6. The summed E-state index contributed by atoms with van der Waals surface area (Å²) >= 11 is 0. The zero-order valence-electron chi connectivity index (χ0n) is 23.4. The monoisotopic (exact) mass is 538 g/mol. The molecule has 1 atom stereocenters. The molecule has 5 rings (SSSR count). The lowest BCUT2D eigenvalue weighted by Gasteiger charge is -2.31. The first-order chi connectivity index (χ1) is 19.5. The van der Waals surface area contributed by atoms with E-state index in [4.69, 9.17) is 4.74 Å². The highest BCUT2D eigenvalue weighted by Gasteiger charge is 2.27.